The second kappa shape index (κ2) is 6.45. The van der Waals surface area contributed by atoms with Crippen LogP contribution in [0.5, 0.6) is 5.75 Å². The number of methoxy groups -OCH3 is 1. The highest BCUT2D eigenvalue weighted by atomic mass is 35.5. The summed E-state index contributed by atoms with van der Waals surface area (Å²) < 4.78 is 18.5. The molecule has 0 spiro atoms. The van der Waals surface area contributed by atoms with Crippen molar-refractivity contribution in [1.82, 2.24) is 5.32 Å². The van der Waals surface area contributed by atoms with E-state index in [-0.39, 0.29) is 22.8 Å². The number of halogens is 2. The number of anilines is 1. The minimum Gasteiger partial charge on any atom is -0.497 e. The number of hydrogen-bond donors (Lipinski definition) is 2. The van der Waals surface area contributed by atoms with Crippen LogP contribution in [0.4, 0.5) is 10.1 Å². The summed E-state index contributed by atoms with van der Waals surface area (Å²) in [5.41, 5.74) is 6.23. The van der Waals surface area contributed by atoms with Gasteiger partial charge in [0, 0.05) is 11.6 Å². The van der Waals surface area contributed by atoms with Crippen LogP contribution in [0.15, 0.2) is 36.4 Å². The molecule has 0 saturated carbocycles. The van der Waals surface area contributed by atoms with Crippen molar-refractivity contribution in [2.45, 2.75) is 6.54 Å². The number of ether oxygens (including phenoxy) is 1. The van der Waals surface area contributed by atoms with Crippen LogP contribution >= 0.6 is 11.6 Å². The van der Waals surface area contributed by atoms with Gasteiger partial charge >= 0.3 is 0 Å². The van der Waals surface area contributed by atoms with E-state index >= 15 is 0 Å². The number of nitrogens with two attached hydrogens (primary N) is 1. The van der Waals surface area contributed by atoms with Gasteiger partial charge < -0.3 is 15.8 Å². The van der Waals surface area contributed by atoms with E-state index in [1.54, 1.807) is 19.2 Å². The molecule has 0 heterocycles. The Labute approximate surface area is 126 Å². The highest BCUT2D eigenvalue weighted by molar-refractivity contribution is 6.31. The molecule has 0 aromatic heterocycles. The lowest BCUT2D eigenvalue weighted by Crippen LogP contribution is -2.24. The van der Waals surface area contributed by atoms with Gasteiger partial charge in [0.1, 0.15) is 11.6 Å². The Balaban J connectivity index is 2.08. The van der Waals surface area contributed by atoms with Crippen LogP contribution < -0.4 is 15.8 Å². The third-order valence-electron chi connectivity index (χ3n) is 2.95. The first-order valence-electron chi connectivity index (χ1n) is 6.17. The fraction of sp³-hybridized carbons (Fsp3) is 0.133. The first kappa shape index (κ1) is 15.1. The average molecular weight is 309 g/mol. The van der Waals surface area contributed by atoms with Gasteiger partial charge in [0.15, 0.2) is 0 Å². The van der Waals surface area contributed by atoms with Crippen molar-refractivity contribution in [3.05, 3.63) is 58.4 Å². The van der Waals surface area contributed by atoms with Crippen LogP contribution in [-0.2, 0) is 6.54 Å². The highest BCUT2D eigenvalue weighted by Gasteiger charge is 2.14. The van der Waals surface area contributed by atoms with Gasteiger partial charge in [-0.25, -0.2) is 4.39 Å². The maximum atomic E-state index is 13.4. The van der Waals surface area contributed by atoms with Crippen LogP contribution in [-0.4, -0.2) is 13.0 Å². The van der Waals surface area contributed by atoms with Crippen LogP contribution in [0.1, 0.15) is 15.9 Å². The number of hydrogen-bond acceptors (Lipinski definition) is 3. The molecule has 0 fully saturated rings. The number of carbonyl (C=O) groups is 1. The molecule has 0 radical (unpaired) electrons. The Hall–Kier alpha value is -2.27. The summed E-state index contributed by atoms with van der Waals surface area (Å²) in [6.07, 6.45) is 0. The summed E-state index contributed by atoms with van der Waals surface area (Å²) >= 11 is 5.73. The summed E-state index contributed by atoms with van der Waals surface area (Å²) in [7, 11) is 1.58. The first-order chi connectivity index (χ1) is 10.0. The molecule has 2 aromatic carbocycles. The topological polar surface area (TPSA) is 64.3 Å². The van der Waals surface area contributed by atoms with Crippen LogP contribution in [0.2, 0.25) is 5.02 Å². The number of rotatable bonds is 4. The molecule has 3 N–H and O–H groups in total. The molecule has 0 atom stereocenters. The van der Waals surface area contributed by atoms with E-state index in [9.17, 15) is 9.18 Å². The fourth-order valence-electron chi connectivity index (χ4n) is 1.79. The molecule has 1 amide bonds. The van der Waals surface area contributed by atoms with E-state index in [2.05, 4.69) is 5.32 Å². The largest absolute Gasteiger partial charge is 0.497 e. The molecule has 0 aliphatic heterocycles. The lowest BCUT2D eigenvalue weighted by atomic mass is 10.1. The molecule has 4 nitrogen and oxygen atoms in total. The molecule has 0 aliphatic carbocycles. The van der Waals surface area contributed by atoms with Crippen LogP contribution in [0.25, 0.3) is 0 Å². The van der Waals surface area contributed by atoms with Gasteiger partial charge in [-0.15, -0.1) is 0 Å². The Morgan fingerprint density at radius 2 is 2.00 bits per heavy atom. The minimum absolute atomic E-state index is 0.0218. The summed E-state index contributed by atoms with van der Waals surface area (Å²) in [6, 6.07) is 9.62. The van der Waals surface area contributed by atoms with E-state index in [0.717, 1.165) is 17.4 Å². The van der Waals surface area contributed by atoms with Crippen molar-refractivity contribution in [1.29, 1.82) is 0 Å². The van der Waals surface area contributed by atoms with Gasteiger partial charge in [0.05, 0.1) is 18.4 Å². The van der Waals surface area contributed by atoms with Gasteiger partial charge in [-0.3, -0.25) is 4.79 Å². The standard InChI is InChI=1S/C15H14ClFN2O2/c1-21-11-4-2-9(3-5-11)8-19-15(20)12-6-10(16)7-13(17)14(12)18/h2-7H,8,18H2,1H3,(H,19,20). The Kier molecular flexibility index (Phi) is 4.65. The second-order valence-electron chi connectivity index (χ2n) is 4.38. The van der Waals surface area contributed by atoms with Crippen LogP contribution in [0.3, 0.4) is 0 Å². The molecule has 110 valence electrons. The van der Waals surface area contributed by atoms with Crippen molar-refractivity contribution in [3.8, 4) is 5.75 Å². The van der Waals surface area contributed by atoms with E-state index in [1.807, 2.05) is 12.1 Å². The van der Waals surface area contributed by atoms with E-state index in [1.165, 1.54) is 6.07 Å². The number of carbonyl (C=O) groups excluding carboxylic acids is 1. The number of amides is 1. The molecule has 2 rings (SSSR count). The van der Waals surface area contributed by atoms with Gasteiger partial charge in [0.25, 0.3) is 5.91 Å². The normalized spacial score (nSPS) is 10.2. The molecular weight excluding hydrogens is 295 g/mol. The SMILES string of the molecule is COc1ccc(CNC(=O)c2cc(Cl)cc(F)c2N)cc1. The molecule has 21 heavy (non-hydrogen) atoms. The monoisotopic (exact) mass is 308 g/mol. The van der Waals surface area contributed by atoms with Gasteiger partial charge in [0.2, 0.25) is 0 Å². The third kappa shape index (κ3) is 3.64. The molecule has 0 unspecified atom stereocenters. The van der Waals surface area contributed by atoms with E-state index in [0.29, 0.717) is 0 Å². The maximum absolute atomic E-state index is 13.4. The smallest absolute Gasteiger partial charge is 0.253 e. The van der Waals surface area contributed by atoms with Gasteiger partial charge in [-0.05, 0) is 29.8 Å². The predicted octanol–water partition coefficient (Wildman–Crippen LogP) is 3.00. The lowest BCUT2D eigenvalue weighted by molar-refractivity contribution is 0.0951. The summed E-state index contributed by atoms with van der Waals surface area (Å²) in [5, 5.41) is 2.78. The van der Waals surface area contributed by atoms with Gasteiger partial charge in [-0.1, -0.05) is 23.7 Å². The van der Waals surface area contributed by atoms with Crippen LogP contribution in [0, 0.1) is 5.82 Å². The molecule has 0 bridgehead atoms. The molecule has 0 saturated heterocycles. The minimum atomic E-state index is -0.711. The third-order valence-corrected chi connectivity index (χ3v) is 3.17. The Morgan fingerprint density at radius 3 is 2.62 bits per heavy atom. The van der Waals surface area contributed by atoms with Crippen molar-refractivity contribution in [3.63, 3.8) is 0 Å². The molecule has 6 heteroatoms. The number of nitrogen functional groups attached to an aromatic ring is 1. The zero-order chi connectivity index (χ0) is 15.4. The molecule has 0 aliphatic rings. The van der Waals surface area contributed by atoms with Crippen molar-refractivity contribution in [2.24, 2.45) is 0 Å². The highest BCUT2D eigenvalue weighted by Crippen LogP contribution is 2.22. The lowest BCUT2D eigenvalue weighted by Gasteiger charge is -2.09. The second-order valence-corrected chi connectivity index (χ2v) is 4.82. The Morgan fingerprint density at radius 1 is 1.33 bits per heavy atom. The maximum Gasteiger partial charge on any atom is 0.253 e. The zero-order valence-electron chi connectivity index (χ0n) is 11.3. The van der Waals surface area contributed by atoms with Crippen molar-refractivity contribution >= 4 is 23.2 Å². The number of benzene rings is 2. The molecular formula is C15H14ClFN2O2. The zero-order valence-corrected chi connectivity index (χ0v) is 12.1. The summed E-state index contributed by atoms with van der Waals surface area (Å²) in [5.74, 6) is -0.465. The first-order valence-corrected chi connectivity index (χ1v) is 6.54. The van der Waals surface area contributed by atoms with E-state index < -0.39 is 11.7 Å². The van der Waals surface area contributed by atoms with Gasteiger partial charge in [-0.2, -0.15) is 0 Å². The van der Waals surface area contributed by atoms with E-state index in [4.69, 9.17) is 22.1 Å². The fourth-order valence-corrected chi connectivity index (χ4v) is 2.00. The quantitative estimate of drug-likeness (QED) is 0.853. The predicted molar refractivity (Wildman–Crippen MR) is 80.0 cm³/mol. The molecule has 2 aromatic rings. The van der Waals surface area contributed by atoms with Crippen molar-refractivity contribution < 1.29 is 13.9 Å². The summed E-state index contributed by atoms with van der Waals surface area (Å²) in [6.45, 7) is 0.288. The Bertz CT molecular complexity index is 659. The number of nitrogens with one attached hydrogen (secondary N) is 1. The average Bonchev–Trinajstić information content (AvgIpc) is 2.49. The van der Waals surface area contributed by atoms with Crippen molar-refractivity contribution in [2.75, 3.05) is 12.8 Å². The summed E-state index contributed by atoms with van der Waals surface area (Å²) in [4.78, 5) is 12.0.